The van der Waals surface area contributed by atoms with E-state index in [2.05, 4.69) is 4.98 Å². The fourth-order valence-corrected chi connectivity index (χ4v) is 3.11. The summed E-state index contributed by atoms with van der Waals surface area (Å²) in [5.74, 6) is 3.93. The molecule has 0 radical (unpaired) electrons. The third kappa shape index (κ3) is 3.01. The van der Waals surface area contributed by atoms with Crippen molar-refractivity contribution in [1.82, 2.24) is 9.55 Å². The van der Waals surface area contributed by atoms with Crippen molar-refractivity contribution >= 4 is 0 Å². The Morgan fingerprint density at radius 2 is 1.59 bits per heavy atom. The first-order valence-corrected chi connectivity index (χ1v) is 8.49. The van der Waals surface area contributed by atoms with E-state index >= 15 is 0 Å². The highest BCUT2D eigenvalue weighted by Gasteiger charge is 2.18. The van der Waals surface area contributed by atoms with E-state index in [1.165, 1.54) is 0 Å². The van der Waals surface area contributed by atoms with Crippen molar-refractivity contribution in [2.24, 2.45) is 0 Å². The van der Waals surface area contributed by atoms with Gasteiger partial charge in [0.05, 0.1) is 27.0 Å². The Labute approximate surface area is 157 Å². The van der Waals surface area contributed by atoms with Gasteiger partial charge in [0.1, 0.15) is 19.0 Å². The predicted molar refractivity (Wildman–Crippen MR) is 99.6 cm³/mol. The van der Waals surface area contributed by atoms with E-state index in [9.17, 15) is 0 Å². The Kier molecular flexibility index (Phi) is 4.50. The second-order valence-corrected chi connectivity index (χ2v) is 5.86. The lowest BCUT2D eigenvalue weighted by Crippen LogP contribution is -2.15. The standard InChI is InChI=1S/C20H20N2O5/c1-23-17-11-14(12-18(24-2)19(17)25-3)22-7-6-21-20(22)13-4-5-15-16(10-13)27-9-8-26-15/h4-7,10-12H,8-9H2,1-3H3. The summed E-state index contributed by atoms with van der Waals surface area (Å²) in [4.78, 5) is 4.52. The minimum atomic E-state index is 0.539. The maximum absolute atomic E-state index is 5.69. The molecule has 7 heteroatoms. The van der Waals surface area contributed by atoms with Crippen molar-refractivity contribution < 1.29 is 23.7 Å². The van der Waals surface area contributed by atoms with Gasteiger partial charge in [0.25, 0.3) is 0 Å². The highest BCUT2D eigenvalue weighted by atomic mass is 16.6. The molecule has 1 aliphatic heterocycles. The molecule has 0 unspecified atom stereocenters. The molecular formula is C20H20N2O5. The number of ether oxygens (including phenoxy) is 5. The van der Waals surface area contributed by atoms with Crippen LogP contribution in [0.2, 0.25) is 0 Å². The molecule has 0 aliphatic carbocycles. The van der Waals surface area contributed by atoms with E-state index < -0.39 is 0 Å². The maximum Gasteiger partial charge on any atom is 0.203 e. The average molecular weight is 368 g/mol. The zero-order chi connectivity index (χ0) is 18.8. The van der Waals surface area contributed by atoms with Crippen molar-refractivity contribution in [3.05, 3.63) is 42.7 Å². The van der Waals surface area contributed by atoms with Crippen LogP contribution < -0.4 is 23.7 Å². The maximum atomic E-state index is 5.69. The van der Waals surface area contributed by atoms with Crippen LogP contribution in [0.1, 0.15) is 0 Å². The zero-order valence-corrected chi connectivity index (χ0v) is 15.4. The molecule has 2 aromatic carbocycles. The van der Waals surface area contributed by atoms with E-state index in [4.69, 9.17) is 23.7 Å². The molecule has 140 valence electrons. The SMILES string of the molecule is COc1cc(-n2ccnc2-c2ccc3c(c2)OCCO3)cc(OC)c1OC. The summed E-state index contributed by atoms with van der Waals surface area (Å²) < 4.78 is 29.6. The normalized spacial score (nSPS) is 12.6. The topological polar surface area (TPSA) is 64.0 Å². The molecule has 4 rings (SSSR count). The van der Waals surface area contributed by atoms with Crippen LogP contribution in [-0.2, 0) is 0 Å². The molecular weight excluding hydrogens is 348 g/mol. The van der Waals surface area contributed by atoms with Crippen LogP contribution in [0.3, 0.4) is 0 Å². The highest BCUT2D eigenvalue weighted by molar-refractivity contribution is 5.66. The summed E-state index contributed by atoms with van der Waals surface area (Å²) in [6, 6.07) is 9.56. The second kappa shape index (κ2) is 7.11. The number of nitrogens with zero attached hydrogens (tertiary/aromatic N) is 2. The average Bonchev–Trinajstić information content (AvgIpc) is 3.22. The smallest absolute Gasteiger partial charge is 0.203 e. The monoisotopic (exact) mass is 368 g/mol. The first-order valence-electron chi connectivity index (χ1n) is 8.49. The van der Waals surface area contributed by atoms with E-state index in [0.29, 0.717) is 30.5 Å². The third-order valence-electron chi connectivity index (χ3n) is 4.37. The largest absolute Gasteiger partial charge is 0.493 e. The van der Waals surface area contributed by atoms with Crippen molar-refractivity contribution in [1.29, 1.82) is 0 Å². The van der Waals surface area contributed by atoms with Gasteiger partial charge in [-0.2, -0.15) is 0 Å². The quantitative estimate of drug-likeness (QED) is 0.688. The van der Waals surface area contributed by atoms with Gasteiger partial charge in [-0.1, -0.05) is 0 Å². The molecule has 0 saturated heterocycles. The molecule has 2 heterocycles. The number of hydrogen-bond acceptors (Lipinski definition) is 6. The van der Waals surface area contributed by atoms with Crippen molar-refractivity contribution in [2.45, 2.75) is 0 Å². The van der Waals surface area contributed by atoms with Crippen LogP contribution in [-0.4, -0.2) is 44.1 Å². The van der Waals surface area contributed by atoms with Crippen LogP contribution in [0, 0.1) is 0 Å². The van der Waals surface area contributed by atoms with E-state index in [-0.39, 0.29) is 0 Å². The minimum Gasteiger partial charge on any atom is -0.493 e. The first-order chi connectivity index (χ1) is 13.2. The molecule has 0 saturated carbocycles. The lowest BCUT2D eigenvalue weighted by Gasteiger charge is -2.19. The summed E-state index contributed by atoms with van der Waals surface area (Å²) in [5, 5.41) is 0. The molecule has 0 N–H and O–H groups in total. The molecule has 0 bridgehead atoms. The number of benzene rings is 2. The Morgan fingerprint density at radius 3 is 2.26 bits per heavy atom. The van der Waals surface area contributed by atoms with Gasteiger partial charge in [-0.25, -0.2) is 4.98 Å². The second-order valence-electron chi connectivity index (χ2n) is 5.86. The number of aromatic nitrogens is 2. The minimum absolute atomic E-state index is 0.539. The van der Waals surface area contributed by atoms with Gasteiger partial charge >= 0.3 is 0 Å². The van der Waals surface area contributed by atoms with Gasteiger partial charge in [-0.15, -0.1) is 0 Å². The number of fused-ring (bicyclic) bond motifs is 1. The lowest BCUT2D eigenvalue weighted by atomic mass is 10.1. The van der Waals surface area contributed by atoms with Crippen LogP contribution in [0.15, 0.2) is 42.7 Å². The number of imidazole rings is 1. The number of hydrogen-bond donors (Lipinski definition) is 0. The molecule has 1 aliphatic rings. The van der Waals surface area contributed by atoms with E-state index in [1.807, 2.05) is 41.1 Å². The molecule has 1 aromatic heterocycles. The summed E-state index contributed by atoms with van der Waals surface area (Å²) in [5.41, 5.74) is 1.75. The lowest BCUT2D eigenvalue weighted by molar-refractivity contribution is 0.171. The molecule has 7 nitrogen and oxygen atoms in total. The summed E-state index contributed by atoms with van der Waals surface area (Å²) in [6.07, 6.45) is 3.63. The van der Waals surface area contributed by atoms with Crippen LogP contribution in [0.25, 0.3) is 17.1 Å². The first kappa shape index (κ1) is 17.1. The fourth-order valence-electron chi connectivity index (χ4n) is 3.11. The van der Waals surface area contributed by atoms with Crippen LogP contribution in [0.5, 0.6) is 28.7 Å². The molecule has 3 aromatic rings. The fraction of sp³-hybridized carbons (Fsp3) is 0.250. The van der Waals surface area contributed by atoms with Gasteiger partial charge in [0.15, 0.2) is 23.0 Å². The number of methoxy groups -OCH3 is 3. The van der Waals surface area contributed by atoms with Gasteiger partial charge in [-0.3, -0.25) is 4.57 Å². The van der Waals surface area contributed by atoms with Gasteiger partial charge < -0.3 is 23.7 Å². The Balaban J connectivity index is 1.81. The van der Waals surface area contributed by atoms with Gasteiger partial charge in [-0.05, 0) is 18.2 Å². The Bertz CT molecular complexity index is 942. The summed E-state index contributed by atoms with van der Waals surface area (Å²) in [7, 11) is 4.77. The molecule has 0 atom stereocenters. The Hall–Kier alpha value is -3.35. The van der Waals surface area contributed by atoms with Crippen molar-refractivity contribution in [3.63, 3.8) is 0 Å². The predicted octanol–water partition coefficient (Wildman–Crippen LogP) is 3.34. The van der Waals surface area contributed by atoms with Gasteiger partial charge in [0, 0.05) is 30.1 Å². The molecule has 0 fully saturated rings. The third-order valence-corrected chi connectivity index (χ3v) is 4.37. The molecule has 0 amide bonds. The molecule has 27 heavy (non-hydrogen) atoms. The van der Waals surface area contributed by atoms with Crippen molar-refractivity contribution in [3.8, 4) is 45.8 Å². The Morgan fingerprint density at radius 1 is 0.889 bits per heavy atom. The van der Waals surface area contributed by atoms with E-state index in [0.717, 1.165) is 28.6 Å². The van der Waals surface area contributed by atoms with E-state index in [1.54, 1.807) is 27.5 Å². The summed E-state index contributed by atoms with van der Waals surface area (Å²) in [6.45, 7) is 1.10. The highest BCUT2D eigenvalue weighted by Crippen LogP contribution is 2.40. The summed E-state index contributed by atoms with van der Waals surface area (Å²) >= 11 is 0. The van der Waals surface area contributed by atoms with Crippen molar-refractivity contribution in [2.75, 3.05) is 34.5 Å². The van der Waals surface area contributed by atoms with Crippen LogP contribution in [0.4, 0.5) is 0 Å². The zero-order valence-electron chi connectivity index (χ0n) is 15.4. The van der Waals surface area contributed by atoms with Gasteiger partial charge in [0.2, 0.25) is 5.75 Å². The molecule has 0 spiro atoms. The van der Waals surface area contributed by atoms with Crippen LogP contribution >= 0.6 is 0 Å². The number of rotatable bonds is 5.